The van der Waals surface area contributed by atoms with Crippen molar-refractivity contribution in [2.75, 3.05) is 0 Å². The lowest BCUT2D eigenvalue weighted by atomic mass is 10.0. The van der Waals surface area contributed by atoms with Crippen LogP contribution in [0.4, 0.5) is 4.79 Å². The van der Waals surface area contributed by atoms with Gasteiger partial charge in [0.2, 0.25) is 5.91 Å². The van der Waals surface area contributed by atoms with Crippen molar-refractivity contribution in [3.05, 3.63) is 23.7 Å². The van der Waals surface area contributed by atoms with E-state index in [0.29, 0.717) is 6.54 Å². The van der Waals surface area contributed by atoms with E-state index in [-0.39, 0.29) is 17.9 Å². The molecule has 1 heterocycles. The van der Waals surface area contributed by atoms with Crippen LogP contribution in [0.3, 0.4) is 0 Å². The number of furan rings is 1. The van der Waals surface area contributed by atoms with Gasteiger partial charge in [0.25, 0.3) is 0 Å². The second kappa shape index (κ2) is 7.06. The molecule has 2 rings (SSSR count). The minimum atomic E-state index is -0.542. The van der Waals surface area contributed by atoms with Crippen molar-refractivity contribution in [1.29, 1.82) is 0 Å². The maximum Gasteiger partial charge on any atom is 0.407 e. The smallest absolute Gasteiger partial charge is 0.407 e. The molecule has 2 amide bonds. The number of carbonyl (C=O) groups excluding carboxylic acids is 2. The molecule has 0 aliphatic heterocycles. The molecule has 128 valence electrons. The van der Waals surface area contributed by atoms with Gasteiger partial charge in [-0.25, -0.2) is 4.79 Å². The molecule has 2 N–H and O–H groups in total. The first kappa shape index (κ1) is 17.4. The summed E-state index contributed by atoms with van der Waals surface area (Å²) in [6, 6.07) is 1.68. The van der Waals surface area contributed by atoms with Gasteiger partial charge in [0.15, 0.2) is 0 Å². The Bertz CT molecular complexity index is 559. The minimum Gasteiger partial charge on any atom is -0.469 e. The van der Waals surface area contributed by atoms with E-state index in [1.54, 1.807) is 6.26 Å². The van der Waals surface area contributed by atoms with Gasteiger partial charge in [0, 0.05) is 18.2 Å². The maximum atomic E-state index is 12.4. The standard InChI is InChI=1S/C17H26N2O4/c1-11-12(8-9-22-11)10-18-15(20)13-6-5-7-14(13)19-16(21)23-17(2,3)4/h8-9,13-14H,5-7,10H2,1-4H3,(H,18,20)(H,19,21). The number of ether oxygens (including phenoxy) is 1. The number of alkyl carbamates (subject to hydrolysis) is 1. The highest BCUT2D eigenvalue weighted by molar-refractivity contribution is 5.80. The van der Waals surface area contributed by atoms with E-state index in [1.165, 1.54) is 0 Å². The van der Waals surface area contributed by atoms with Gasteiger partial charge in [-0.05, 0) is 46.6 Å². The highest BCUT2D eigenvalue weighted by Crippen LogP contribution is 2.26. The van der Waals surface area contributed by atoms with Crippen LogP contribution < -0.4 is 10.6 Å². The van der Waals surface area contributed by atoms with Crippen molar-refractivity contribution in [3.63, 3.8) is 0 Å². The fourth-order valence-electron chi connectivity index (χ4n) is 2.81. The fraction of sp³-hybridized carbons (Fsp3) is 0.647. The molecule has 6 heteroatoms. The number of aryl methyl sites for hydroxylation is 1. The lowest BCUT2D eigenvalue weighted by Gasteiger charge is -2.24. The highest BCUT2D eigenvalue weighted by Gasteiger charge is 2.34. The zero-order chi connectivity index (χ0) is 17.0. The lowest BCUT2D eigenvalue weighted by Crippen LogP contribution is -2.45. The van der Waals surface area contributed by atoms with Gasteiger partial charge in [0.1, 0.15) is 11.4 Å². The molecule has 2 atom stereocenters. The first-order valence-corrected chi connectivity index (χ1v) is 8.06. The van der Waals surface area contributed by atoms with E-state index in [0.717, 1.165) is 30.6 Å². The van der Waals surface area contributed by atoms with Gasteiger partial charge in [-0.15, -0.1) is 0 Å². The van der Waals surface area contributed by atoms with Crippen molar-refractivity contribution in [1.82, 2.24) is 10.6 Å². The van der Waals surface area contributed by atoms with Gasteiger partial charge in [-0.1, -0.05) is 6.42 Å². The van der Waals surface area contributed by atoms with E-state index in [1.807, 2.05) is 33.8 Å². The Hall–Kier alpha value is -1.98. The Morgan fingerprint density at radius 3 is 2.70 bits per heavy atom. The summed E-state index contributed by atoms with van der Waals surface area (Å²) in [6.45, 7) is 7.76. The first-order valence-electron chi connectivity index (χ1n) is 8.06. The van der Waals surface area contributed by atoms with Crippen LogP contribution in [0.25, 0.3) is 0 Å². The molecule has 1 fully saturated rings. The number of amides is 2. The van der Waals surface area contributed by atoms with Crippen LogP contribution in [0.2, 0.25) is 0 Å². The third-order valence-corrected chi connectivity index (χ3v) is 3.97. The van der Waals surface area contributed by atoms with E-state index in [2.05, 4.69) is 10.6 Å². The average molecular weight is 322 g/mol. The van der Waals surface area contributed by atoms with Crippen molar-refractivity contribution >= 4 is 12.0 Å². The molecule has 1 aromatic rings. The Morgan fingerprint density at radius 2 is 2.09 bits per heavy atom. The molecule has 6 nitrogen and oxygen atoms in total. The van der Waals surface area contributed by atoms with Gasteiger partial charge >= 0.3 is 6.09 Å². The summed E-state index contributed by atoms with van der Waals surface area (Å²) in [5, 5.41) is 5.76. The normalized spacial score (nSPS) is 21.0. The predicted molar refractivity (Wildman–Crippen MR) is 85.8 cm³/mol. The predicted octanol–water partition coefficient (Wildman–Crippen LogP) is 2.90. The van der Waals surface area contributed by atoms with E-state index >= 15 is 0 Å². The van der Waals surface area contributed by atoms with Gasteiger partial charge in [0.05, 0.1) is 12.2 Å². The molecule has 0 radical (unpaired) electrons. The summed E-state index contributed by atoms with van der Waals surface area (Å²) >= 11 is 0. The second-order valence-electron chi connectivity index (χ2n) is 7.01. The summed E-state index contributed by atoms with van der Waals surface area (Å²) in [7, 11) is 0. The lowest BCUT2D eigenvalue weighted by molar-refractivity contribution is -0.125. The highest BCUT2D eigenvalue weighted by atomic mass is 16.6. The Labute approximate surface area is 137 Å². The maximum absolute atomic E-state index is 12.4. The molecule has 2 unspecified atom stereocenters. The van der Waals surface area contributed by atoms with Crippen LogP contribution in [0.1, 0.15) is 51.4 Å². The Kier molecular flexibility index (Phi) is 5.34. The summed E-state index contributed by atoms with van der Waals surface area (Å²) in [4.78, 5) is 24.3. The fourth-order valence-corrected chi connectivity index (χ4v) is 2.81. The topological polar surface area (TPSA) is 80.6 Å². The molecular formula is C17H26N2O4. The molecule has 0 aromatic carbocycles. The van der Waals surface area contributed by atoms with Crippen molar-refractivity contribution in [2.24, 2.45) is 5.92 Å². The van der Waals surface area contributed by atoms with Crippen LogP contribution >= 0.6 is 0 Å². The van der Waals surface area contributed by atoms with E-state index in [9.17, 15) is 9.59 Å². The number of hydrogen-bond acceptors (Lipinski definition) is 4. The Balaban J connectivity index is 1.86. The third kappa shape index (κ3) is 5.01. The van der Waals surface area contributed by atoms with Crippen LogP contribution in [-0.2, 0) is 16.1 Å². The molecule has 1 aliphatic carbocycles. The average Bonchev–Trinajstić information content (AvgIpc) is 3.03. The van der Waals surface area contributed by atoms with Crippen molar-refractivity contribution in [3.8, 4) is 0 Å². The summed E-state index contributed by atoms with van der Waals surface area (Å²) in [6.07, 6.45) is 3.63. The SMILES string of the molecule is Cc1occc1CNC(=O)C1CCCC1NC(=O)OC(C)(C)C. The van der Waals surface area contributed by atoms with Crippen LogP contribution in [0.5, 0.6) is 0 Å². The first-order chi connectivity index (χ1) is 10.8. The number of nitrogens with one attached hydrogen (secondary N) is 2. The number of rotatable bonds is 4. The second-order valence-corrected chi connectivity index (χ2v) is 7.01. The monoisotopic (exact) mass is 322 g/mol. The van der Waals surface area contributed by atoms with Crippen LogP contribution in [0.15, 0.2) is 16.7 Å². The van der Waals surface area contributed by atoms with Crippen molar-refractivity contribution in [2.45, 2.75) is 65.1 Å². The quantitative estimate of drug-likeness (QED) is 0.893. The summed E-state index contributed by atoms with van der Waals surface area (Å²) in [5.74, 6) is 0.555. The van der Waals surface area contributed by atoms with Crippen LogP contribution in [0, 0.1) is 12.8 Å². The van der Waals surface area contributed by atoms with Gasteiger partial charge in [-0.3, -0.25) is 4.79 Å². The molecule has 0 spiro atoms. The third-order valence-electron chi connectivity index (χ3n) is 3.97. The molecule has 23 heavy (non-hydrogen) atoms. The van der Waals surface area contributed by atoms with Gasteiger partial charge < -0.3 is 19.8 Å². The molecule has 1 saturated carbocycles. The summed E-state index contributed by atoms with van der Waals surface area (Å²) in [5.41, 5.74) is 0.423. The molecule has 1 aromatic heterocycles. The largest absolute Gasteiger partial charge is 0.469 e. The van der Waals surface area contributed by atoms with E-state index in [4.69, 9.17) is 9.15 Å². The zero-order valence-electron chi connectivity index (χ0n) is 14.3. The molecule has 0 saturated heterocycles. The number of hydrogen-bond donors (Lipinski definition) is 2. The minimum absolute atomic E-state index is 0.0378. The molecule has 0 bridgehead atoms. The van der Waals surface area contributed by atoms with E-state index < -0.39 is 11.7 Å². The molecular weight excluding hydrogens is 296 g/mol. The zero-order valence-corrected chi connectivity index (χ0v) is 14.3. The number of carbonyl (C=O) groups is 2. The molecule has 1 aliphatic rings. The van der Waals surface area contributed by atoms with Crippen LogP contribution in [-0.4, -0.2) is 23.6 Å². The van der Waals surface area contributed by atoms with Gasteiger partial charge in [-0.2, -0.15) is 0 Å². The summed E-state index contributed by atoms with van der Waals surface area (Å²) < 4.78 is 10.5. The van der Waals surface area contributed by atoms with Crippen molar-refractivity contribution < 1.29 is 18.7 Å². The Morgan fingerprint density at radius 1 is 1.35 bits per heavy atom.